The average Bonchev–Trinajstić information content (AvgIpc) is 3.61. The molecule has 264 valence electrons. The molecule has 0 aromatic heterocycles. The Morgan fingerprint density at radius 3 is 1.45 bits per heavy atom. The highest BCUT2D eigenvalue weighted by Crippen LogP contribution is 2.55. The third-order valence-electron chi connectivity index (χ3n) is 12.3. The zero-order valence-electron chi connectivity index (χ0n) is 31.8. The van der Waals surface area contributed by atoms with Crippen LogP contribution >= 0.6 is 0 Å². The minimum atomic E-state index is -0.181. The number of hydrogen-bond donors (Lipinski definition) is 0. The molecule has 2 aliphatic rings. The van der Waals surface area contributed by atoms with Gasteiger partial charge in [0, 0.05) is 27.9 Å². The van der Waals surface area contributed by atoms with E-state index >= 15 is 0 Å². The first kappa shape index (κ1) is 33.2. The monoisotopic (exact) mass is 705 g/mol. The van der Waals surface area contributed by atoms with Gasteiger partial charge in [-0.15, -0.1) is 0 Å². The molecular weight excluding hydrogens is 663 g/mol. The molecule has 2 aliphatic carbocycles. The van der Waals surface area contributed by atoms with E-state index in [1.54, 1.807) is 0 Å². The summed E-state index contributed by atoms with van der Waals surface area (Å²) in [6.07, 6.45) is 0. The highest BCUT2D eigenvalue weighted by atomic mass is 15.1. The fourth-order valence-electron chi connectivity index (χ4n) is 9.36. The number of hydrogen-bond acceptors (Lipinski definition) is 1. The molecule has 0 atom stereocenters. The normalized spacial score (nSPS) is 14.1. The lowest BCUT2D eigenvalue weighted by Crippen LogP contribution is -2.18. The fourth-order valence-corrected chi connectivity index (χ4v) is 9.36. The minimum Gasteiger partial charge on any atom is -0.310 e. The average molecular weight is 706 g/mol. The molecule has 0 bridgehead atoms. The summed E-state index contributed by atoms with van der Waals surface area (Å²) in [6, 6.07) is 69.5. The number of anilines is 3. The molecule has 0 saturated carbocycles. The maximum absolute atomic E-state index is 2.47. The lowest BCUT2D eigenvalue weighted by Gasteiger charge is -2.30. The van der Waals surface area contributed by atoms with Crippen molar-refractivity contribution in [2.75, 3.05) is 4.90 Å². The summed E-state index contributed by atoms with van der Waals surface area (Å²) in [7, 11) is 0. The van der Waals surface area contributed by atoms with Crippen LogP contribution in [0.25, 0.3) is 55.6 Å². The van der Waals surface area contributed by atoms with Gasteiger partial charge in [0.25, 0.3) is 0 Å². The molecule has 0 amide bonds. The Bertz CT molecular complexity index is 2740. The third kappa shape index (κ3) is 5.29. The molecule has 0 radical (unpaired) electrons. The van der Waals surface area contributed by atoms with Crippen molar-refractivity contribution in [3.63, 3.8) is 0 Å². The molecule has 0 spiro atoms. The van der Waals surface area contributed by atoms with Crippen LogP contribution in [0.5, 0.6) is 0 Å². The quantitative estimate of drug-likeness (QED) is 0.166. The van der Waals surface area contributed by atoms with Gasteiger partial charge in [-0.3, -0.25) is 0 Å². The van der Waals surface area contributed by atoms with Crippen LogP contribution in [-0.4, -0.2) is 0 Å². The number of fused-ring (bicyclic) bond motifs is 6. The molecule has 8 aromatic carbocycles. The zero-order valence-corrected chi connectivity index (χ0v) is 31.8. The zero-order chi connectivity index (χ0) is 37.3. The van der Waals surface area contributed by atoms with E-state index in [4.69, 9.17) is 0 Å². The van der Waals surface area contributed by atoms with E-state index in [0.717, 1.165) is 17.1 Å². The first-order valence-electron chi connectivity index (χ1n) is 19.4. The Morgan fingerprint density at radius 2 is 0.745 bits per heavy atom. The largest absolute Gasteiger partial charge is 0.310 e. The molecule has 10 rings (SSSR count). The topological polar surface area (TPSA) is 3.24 Å². The van der Waals surface area contributed by atoms with E-state index < -0.39 is 0 Å². The molecular formula is C54H43N. The second kappa shape index (κ2) is 12.6. The lowest BCUT2D eigenvalue weighted by atomic mass is 9.81. The molecule has 0 saturated heterocycles. The minimum absolute atomic E-state index is 0.100. The van der Waals surface area contributed by atoms with Crippen LogP contribution in [-0.2, 0) is 10.8 Å². The molecule has 8 aromatic rings. The Balaban J connectivity index is 1.12. The Labute approximate surface area is 325 Å². The van der Waals surface area contributed by atoms with Crippen molar-refractivity contribution in [1.29, 1.82) is 0 Å². The van der Waals surface area contributed by atoms with Gasteiger partial charge in [-0.25, -0.2) is 0 Å². The van der Waals surface area contributed by atoms with Crippen molar-refractivity contribution in [2.45, 2.75) is 38.5 Å². The fraction of sp³-hybridized carbons (Fsp3) is 0.111. The van der Waals surface area contributed by atoms with Gasteiger partial charge < -0.3 is 4.90 Å². The van der Waals surface area contributed by atoms with Crippen LogP contribution in [0.15, 0.2) is 188 Å². The third-order valence-corrected chi connectivity index (χ3v) is 12.3. The second-order valence-corrected chi connectivity index (χ2v) is 16.2. The van der Waals surface area contributed by atoms with Crippen molar-refractivity contribution >= 4 is 17.1 Å². The summed E-state index contributed by atoms with van der Waals surface area (Å²) >= 11 is 0. The van der Waals surface area contributed by atoms with Gasteiger partial charge in [0.2, 0.25) is 0 Å². The molecule has 0 aliphatic heterocycles. The summed E-state index contributed by atoms with van der Waals surface area (Å²) in [5.41, 5.74) is 21.4. The Hall–Kier alpha value is -6.44. The van der Waals surface area contributed by atoms with Crippen molar-refractivity contribution < 1.29 is 0 Å². The lowest BCUT2D eigenvalue weighted by molar-refractivity contribution is 0.660. The van der Waals surface area contributed by atoms with Gasteiger partial charge in [-0.2, -0.15) is 0 Å². The van der Waals surface area contributed by atoms with Gasteiger partial charge in [-0.1, -0.05) is 179 Å². The number of rotatable bonds is 6. The van der Waals surface area contributed by atoms with Crippen molar-refractivity contribution in [1.82, 2.24) is 0 Å². The van der Waals surface area contributed by atoms with E-state index in [1.807, 2.05) is 0 Å². The number of nitrogens with zero attached hydrogens (tertiary/aromatic N) is 1. The first-order chi connectivity index (χ1) is 26.8. The summed E-state index contributed by atoms with van der Waals surface area (Å²) in [5, 5.41) is 0. The van der Waals surface area contributed by atoms with E-state index in [1.165, 1.54) is 77.9 Å². The molecule has 55 heavy (non-hydrogen) atoms. The second-order valence-electron chi connectivity index (χ2n) is 16.2. The van der Waals surface area contributed by atoms with E-state index in [0.29, 0.717) is 0 Å². The van der Waals surface area contributed by atoms with Crippen LogP contribution in [0.2, 0.25) is 0 Å². The molecule has 0 N–H and O–H groups in total. The van der Waals surface area contributed by atoms with Gasteiger partial charge in [0.05, 0.1) is 0 Å². The maximum atomic E-state index is 2.47. The highest BCUT2D eigenvalue weighted by Gasteiger charge is 2.38. The van der Waals surface area contributed by atoms with E-state index in [9.17, 15) is 0 Å². The smallest absolute Gasteiger partial charge is 0.0467 e. The molecule has 1 nitrogen and oxygen atoms in total. The predicted octanol–water partition coefficient (Wildman–Crippen LogP) is 14.8. The summed E-state index contributed by atoms with van der Waals surface area (Å²) < 4.78 is 0. The van der Waals surface area contributed by atoms with Crippen LogP contribution in [0.1, 0.15) is 49.9 Å². The van der Waals surface area contributed by atoms with E-state index in [2.05, 4.69) is 221 Å². The van der Waals surface area contributed by atoms with Gasteiger partial charge in [0.15, 0.2) is 0 Å². The van der Waals surface area contributed by atoms with Gasteiger partial charge in [0.1, 0.15) is 0 Å². The Morgan fingerprint density at radius 1 is 0.291 bits per heavy atom. The highest BCUT2D eigenvalue weighted by molar-refractivity contribution is 5.95. The van der Waals surface area contributed by atoms with Crippen molar-refractivity contribution in [2.24, 2.45) is 0 Å². The Kier molecular flexibility index (Phi) is 7.58. The van der Waals surface area contributed by atoms with Crippen LogP contribution in [0, 0.1) is 0 Å². The molecule has 1 heteroatoms. The summed E-state index contributed by atoms with van der Waals surface area (Å²) in [4.78, 5) is 2.47. The summed E-state index contributed by atoms with van der Waals surface area (Å²) in [6.45, 7) is 9.51. The molecule has 0 heterocycles. The van der Waals surface area contributed by atoms with Gasteiger partial charge >= 0.3 is 0 Å². The SMILES string of the molecule is CC1(C)c2ccccc2-c2ccc(N(c3cccc(-c4ccccc4)c3)c3ccc4c(c3)C(C)(C)c3cccc(-c5ccc(-c6ccccc6)cc5)c3-4)cc21. The van der Waals surface area contributed by atoms with Gasteiger partial charge in [-0.05, 0) is 114 Å². The maximum Gasteiger partial charge on any atom is 0.0467 e. The summed E-state index contributed by atoms with van der Waals surface area (Å²) in [5.74, 6) is 0. The van der Waals surface area contributed by atoms with Crippen molar-refractivity contribution in [3.05, 3.63) is 210 Å². The standard InChI is InChI=1S/C54H43N/c1-53(2)48-23-12-11-21-45(48)46-31-29-42(34-50(46)53)55(41-20-13-19-40(33-41)37-17-9-6-10-18-37)43-30-32-47-51(35-43)54(3,4)49-24-14-22-44(52(47)49)39-27-25-38(26-28-39)36-15-7-5-8-16-36/h5-35H,1-4H3. The predicted molar refractivity (Wildman–Crippen MR) is 233 cm³/mol. The molecule has 0 unspecified atom stereocenters. The molecule has 0 fully saturated rings. The van der Waals surface area contributed by atoms with Crippen molar-refractivity contribution in [3.8, 4) is 55.6 Å². The van der Waals surface area contributed by atoms with Crippen LogP contribution < -0.4 is 4.90 Å². The number of benzene rings is 8. The first-order valence-corrected chi connectivity index (χ1v) is 19.4. The van der Waals surface area contributed by atoms with Crippen LogP contribution in [0.3, 0.4) is 0 Å². The van der Waals surface area contributed by atoms with E-state index in [-0.39, 0.29) is 10.8 Å². The van der Waals surface area contributed by atoms with Crippen LogP contribution in [0.4, 0.5) is 17.1 Å².